The van der Waals surface area contributed by atoms with E-state index in [1.807, 2.05) is 24.3 Å². The van der Waals surface area contributed by atoms with Gasteiger partial charge < -0.3 is 15.5 Å². The third kappa shape index (κ3) is 8.55. The highest BCUT2D eigenvalue weighted by Crippen LogP contribution is 2.34. The molecule has 6 rings (SSSR count). The second kappa shape index (κ2) is 14.4. The molecule has 2 amide bonds. The number of hydrogen-bond acceptors (Lipinski definition) is 11. The predicted molar refractivity (Wildman–Crippen MR) is 180 cm³/mol. The highest BCUT2D eigenvalue weighted by Gasteiger charge is 2.35. The van der Waals surface area contributed by atoms with Crippen molar-refractivity contribution >= 4 is 44.8 Å². The number of pyridine rings is 1. The lowest BCUT2D eigenvalue weighted by Crippen LogP contribution is -2.46. The molecule has 2 saturated heterocycles. The van der Waals surface area contributed by atoms with Crippen LogP contribution in [0.2, 0.25) is 0 Å². The summed E-state index contributed by atoms with van der Waals surface area (Å²) in [6.45, 7) is 3.77. The quantitative estimate of drug-likeness (QED) is 0.200. The Kier molecular flexibility index (Phi) is 10.0. The molecule has 2 aliphatic rings. The normalized spacial score (nSPS) is 17.4. The molecule has 1 atom stereocenters. The van der Waals surface area contributed by atoms with Crippen molar-refractivity contribution in [2.24, 2.45) is 0 Å². The minimum atomic E-state index is -4.71. The van der Waals surface area contributed by atoms with Crippen molar-refractivity contribution in [3.63, 3.8) is 0 Å². The van der Waals surface area contributed by atoms with Crippen molar-refractivity contribution in [2.75, 3.05) is 48.0 Å². The van der Waals surface area contributed by atoms with Crippen LogP contribution in [0.4, 0.5) is 36.3 Å². The average molecular weight is 709 g/mol. The topological polar surface area (TPSA) is 150 Å². The number of anilines is 4. The van der Waals surface area contributed by atoms with Crippen LogP contribution in [0.25, 0.3) is 0 Å². The number of aromatic nitrogens is 3. The molecule has 4 heterocycles. The Morgan fingerprint density at radius 1 is 0.960 bits per heavy atom. The molecule has 50 heavy (non-hydrogen) atoms. The van der Waals surface area contributed by atoms with E-state index in [0.717, 1.165) is 49.4 Å². The van der Waals surface area contributed by atoms with E-state index in [1.165, 1.54) is 18.2 Å². The predicted octanol–water partition coefficient (Wildman–Crippen LogP) is 4.49. The molecule has 2 aromatic carbocycles. The van der Waals surface area contributed by atoms with E-state index in [2.05, 4.69) is 40.7 Å². The van der Waals surface area contributed by atoms with Crippen LogP contribution >= 0.6 is 0 Å². The molecule has 262 valence electrons. The van der Waals surface area contributed by atoms with E-state index in [-0.39, 0.29) is 35.1 Å². The number of imide groups is 1. The SMILES string of the molecule is CS(=O)(=O)c1cccc(CNc2nc(Nc3ccc(N4CCN(Cc5ccc(C6CCC(=O)NC6=O)cn5)CC4)cc3)ncc2C(F)(F)F)c1. The molecule has 2 aromatic heterocycles. The summed E-state index contributed by atoms with van der Waals surface area (Å²) in [6, 6.07) is 17.3. The number of alkyl halides is 3. The van der Waals surface area contributed by atoms with E-state index in [9.17, 15) is 31.2 Å². The first-order chi connectivity index (χ1) is 23.8. The van der Waals surface area contributed by atoms with Crippen LogP contribution in [0.15, 0.2) is 78.0 Å². The number of benzene rings is 2. The van der Waals surface area contributed by atoms with Crippen LogP contribution in [0.3, 0.4) is 0 Å². The Morgan fingerprint density at radius 2 is 1.72 bits per heavy atom. The van der Waals surface area contributed by atoms with Gasteiger partial charge in [0.25, 0.3) is 0 Å². The Balaban J connectivity index is 1.03. The smallest absolute Gasteiger partial charge is 0.369 e. The summed E-state index contributed by atoms with van der Waals surface area (Å²) in [5.74, 6) is -1.35. The number of carbonyl (C=O) groups is 2. The van der Waals surface area contributed by atoms with E-state index < -0.39 is 27.4 Å². The van der Waals surface area contributed by atoms with Crippen molar-refractivity contribution in [3.8, 4) is 0 Å². The molecule has 0 bridgehead atoms. The zero-order valence-corrected chi connectivity index (χ0v) is 27.9. The van der Waals surface area contributed by atoms with Crippen molar-refractivity contribution in [2.45, 2.75) is 42.9 Å². The van der Waals surface area contributed by atoms with Crippen molar-refractivity contribution < 1.29 is 31.2 Å². The van der Waals surface area contributed by atoms with Gasteiger partial charge in [0.15, 0.2) is 9.84 Å². The van der Waals surface area contributed by atoms with Crippen molar-refractivity contribution in [1.82, 2.24) is 25.2 Å². The highest BCUT2D eigenvalue weighted by molar-refractivity contribution is 7.90. The van der Waals surface area contributed by atoms with E-state index in [4.69, 9.17) is 0 Å². The lowest BCUT2D eigenvalue weighted by atomic mass is 9.91. The number of sulfone groups is 1. The van der Waals surface area contributed by atoms with Gasteiger partial charge in [-0.3, -0.25) is 24.8 Å². The molecule has 0 spiro atoms. The molecule has 0 radical (unpaired) electrons. The lowest BCUT2D eigenvalue weighted by Gasteiger charge is -2.36. The summed E-state index contributed by atoms with van der Waals surface area (Å²) >= 11 is 0. The molecule has 0 aliphatic carbocycles. The monoisotopic (exact) mass is 708 g/mol. The van der Waals surface area contributed by atoms with Gasteiger partial charge in [0, 0.05) is 75.7 Å². The Morgan fingerprint density at radius 3 is 2.38 bits per heavy atom. The number of nitrogens with zero attached hydrogens (tertiary/aromatic N) is 5. The van der Waals surface area contributed by atoms with Gasteiger partial charge in [-0.2, -0.15) is 18.2 Å². The molecule has 3 N–H and O–H groups in total. The first kappa shape index (κ1) is 34.8. The average Bonchev–Trinajstić information content (AvgIpc) is 3.08. The molecule has 2 aliphatic heterocycles. The minimum Gasteiger partial charge on any atom is -0.369 e. The second-order valence-corrected chi connectivity index (χ2v) is 14.3. The number of hydrogen-bond donors (Lipinski definition) is 3. The molecule has 1 unspecified atom stereocenters. The number of piperidine rings is 1. The zero-order valence-electron chi connectivity index (χ0n) is 27.1. The highest BCUT2D eigenvalue weighted by atomic mass is 32.2. The summed E-state index contributed by atoms with van der Waals surface area (Å²) in [4.78, 5) is 40.8. The van der Waals surface area contributed by atoms with Gasteiger partial charge in [0.05, 0.1) is 16.5 Å². The molecule has 4 aromatic rings. The fourth-order valence-corrected chi connectivity index (χ4v) is 6.57. The van der Waals surface area contributed by atoms with Crippen molar-refractivity contribution in [3.05, 3.63) is 95.4 Å². The summed E-state index contributed by atoms with van der Waals surface area (Å²) in [5.41, 5.74) is 2.72. The third-order valence-electron chi connectivity index (χ3n) is 8.62. The molecule has 2 fully saturated rings. The fourth-order valence-electron chi connectivity index (χ4n) is 5.88. The van der Waals surface area contributed by atoms with Gasteiger partial charge in [-0.1, -0.05) is 18.2 Å². The van der Waals surface area contributed by atoms with Gasteiger partial charge in [-0.05, 0) is 60.0 Å². The molecule has 12 nitrogen and oxygen atoms in total. The molecule has 0 saturated carbocycles. The Hall–Kier alpha value is -5.09. The maximum Gasteiger partial charge on any atom is 0.421 e. The van der Waals surface area contributed by atoms with E-state index in [0.29, 0.717) is 36.8 Å². The van der Waals surface area contributed by atoms with Crippen LogP contribution in [-0.2, 0) is 38.7 Å². The third-order valence-corrected chi connectivity index (χ3v) is 9.73. The Bertz CT molecular complexity index is 1970. The Labute approximate surface area is 287 Å². The van der Waals surface area contributed by atoms with Gasteiger partial charge in [0.1, 0.15) is 11.4 Å². The number of amides is 2. The number of carbonyl (C=O) groups excluding carboxylic acids is 2. The van der Waals surface area contributed by atoms with Crippen LogP contribution in [-0.4, -0.2) is 72.5 Å². The molecular weight excluding hydrogens is 673 g/mol. The standard InChI is InChI=1S/C34H35F3N8O4S/c1-50(48,49)27-4-2-3-22(17-27)18-39-31-29(34(35,36)37)20-40-33(43-31)41-24-7-9-26(10-8-24)45-15-13-44(14-16-45)21-25-6-5-23(19-38-25)28-11-12-30(46)42-32(28)47/h2-10,17,19-20,28H,11-16,18,21H2,1H3,(H,42,46,47)(H2,39,40,41,43). The van der Waals surface area contributed by atoms with Gasteiger partial charge in [-0.25, -0.2) is 13.4 Å². The zero-order chi connectivity index (χ0) is 35.5. The van der Waals surface area contributed by atoms with Crippen LogP contribution < -0.4 is 20.9 Å². The van der Waals surface area contributed by atoms with E-state index in [1.54, 1.807) is 24.4 Å². The fraction of sp³-hybridized carbons (Fsp3) is 0.324. The number of piperazine rings is 1. The van der Waals surface area contributed by atoms with Crippen LogP contribution in [0, 0.1) is 0 Å². The first-order valence-electron chi connectivity index (χ1n) is 15.9. The minimum absolute atomic E-state index is 0.0366. The maximum absolute atomic E-state index is 13.8. The molecular formula is C34H35F3N8O4S. The van der Waals surface area contributed by atoms with Gasteiger partial charge >= 0.3 is 6.18 Å². The second-order valence-electron chi connectivity index (χ2n) is 12.2. The van der Waals surface area contributed by atoms with E-state index >= 15 is 0 Å². The number of halogens is 3. The van der Waals surface area contributed by atoms with Crippen molar-refractivity contribution in [1.29, 1.82) is 0 Å². The molecule has 16 heteroatoms. The summed E-state index contributed by atoms with van der Waals surface area (Å²) in [6.07, 6.45) is -0.411. The first-order valence-corrected chi connectivity index (χ1v) is 17.8. The summed E-state index contributed by atoms with van der Waals surface area (Å²) < 4.78 is 65.1. The van der Waals surface area contributed by atoms with Crippen LogP contribution in [0.1, 0.15) is 41.1 Å². The van der Waals surface area contributed by atoms with Gasteiger partial charge in [0.2, 0.25) is 17.8 Å². The maximum atomic E-state index is 13.8. The largest absolute Gasteiger partial charge is 0.421 e. The number of nitrogens with one attached hydrogen (secondary N) is 3. The number of rotatable bonds is 10. The summed E-state index contributed by atoms with van der Waals surface area (Å²) in [7, 11) is -3.48. The lowest BCUT2D eigenvalue weighted by molar-refractivity contribution is -0.137. The van der Waals surface area contributed by atoms with Gasteiger partial charge in [-0.15, -0.1) is 0 Å². The summed E-state index contributed by atoms with van der Waals surface area (Å²) in [5, 5.41) is 8.03. The van der Waals surface area contributed by atoms with Crippen LogP contribution in [0.5, 0.6) is 0 Å².